The predicted molar refractivity (Wildman–Crippen MR) is 133 cm³/mol. The van der Waals surface area contributed by atoms with Gasteiger partial charge < -0.3 is 15.5 Å². The van der Waals surface area contributed by atoms with Gasteiger partial charge in [0.25, 0.3) is 0 Å². The van der Waals surface area contributed by atoms with E-state index in [-0.39, 0.29) is 5.91 Å². The minimum absolute atomic E-state index is 0.0215. The second-order valence-electron chi connectivity index (χ2n) is 9.14. The van der Waals surface area contributed by atoms with E-state index in [2.05, 4.69) is 46.5 Å². The Kier molecular flexibility index (Phi) is 7.16. The molecule has 2 saturated heterocycles. The maximum Gasteiger partial charge on any atom is 0.234 e. The lowest BCUT2D eigenvalue weighted by molar-refractivity contribution is -0.124. The summed E-state index contributed by atoms with van der Waals surface area (Å²) in [5.74, 6) is 1.41. The number of hydrogen-bond donors (Lipinski definition) is 2. The molecule has 7 nitrogen and oxygen atoms in total. The number of carbonyl (C=O) groups excluding carboxylic acids is 1. The third-order valence-electron chi connectivity index (χ3n) is 6.35. The standard InChI is InChI=1S/C25H36N6O/c1-8-14-27-22(31-16(2)12-13-17(31)3)18(4)28-24(26-7)29-19-10-9-11-20-21(15-19)30-23(32)25(20,5)6/h8,10-11,14-17H,9,12-13H2,1-7H3,(H,26,29)(H,30,32)/b14-8-,27-22+,28-18+. The second kappa shape index (κ2) is 9.67. The normalized spacial score (nSPS) is 26.5. The largest absolute Gasteiger partial charge is 0.350 e. The van der Waals surface area contributed by atoms with E-state index in [4.69, 9.17) is 9.98 Å². The van der Waals surface area contributed by atoms with Gasteiger partial charge in [0, 0.05) is 36.7 Å². The van der Waals surface area contributed by atoms with Gasteiger partial charge in [0.15, 0.2) is 5.84 Å². The molecule has 0 bridgehead atoms. The highest BCUT2D eigenvalue weighted by Crippen LogP contribution is 2.38. The van der Waals surface area contributed by atoms with E-state index in [1.54, 1.807) is 7.05 Å². The minimum Gasteiger partial charge on any atom is -0.350 e. The molecule has 3 rings (SSSR count). The molecule has 32 heavy (non-hydrogen) atoms. The molecule has 0 aromatic heterocycles. The number of amides is 1. The highest BCUT2D eigenvalue weighted by atomic mass is 16.2. The molecule has 0 saturated carbocycles. The molecule has 0 aromatic carbocycles. The predicted octanol–water partition coefficient (Wildman–Crippen LogP) is 4.08. The number of amidine groups is 1. The monoisotopic (exact) mass is 436 g/mol. The van der Waals surface area contributed by atoms with Gasteiger partial charge in [0.05, 0.1) is 11.1 Å². The van der Waals surface area contributed by atoms with Gasteiger partial charge in [-0.25, -0.2) is 9.98 Å². The average Bonchev–Trinajstić information content (AvgIpc) is 3.07. The van der Waals surface area contributed by atoms with Crippen molar-refractivity contribution in [3.63, 3.8) is 0 Å². The van der Waals surface area contributed by atoms with Crippen molar-refractivity contribution < 1.29 is 4.79 Å². The van der Waals surface area contributed by atoms with Crippen LogP contribution < -0.4 is 10.6 Å². The van der Waals surface area contributed by atoms with Gasteiger partial charge in [-0.2, -0.15) is 0 Å². The van der Waals surface area contributed by atoms with Crippen molar-refractivity contribution in [2.75, 3.05) is 7.05 Å². The zero-order valence-corrected chi connectivity index (χ0v) is 20.4. The first-order chi connectivity index (χ1) is 15.2. The van der Waals surface area contributed by atoms with Gasteiger partial charge in [-0.05, 0) is 72.5 Å². The SMILES string of the molecule is C\C=C/N=C(\C(C)=N\C(=N/C)NC1=CCC=C2C(=C1)NC(=O)C2(C)C)N1C(C)CCC1C. The number of carbonyl (C=O) groups is 1. The van der Waals surface area contributed by atoms with Gasteiger partial charge >= 0.3 is 0 Å². The Morgan fingerprint density at radius 3 is 2.56 bits per heavy atom. The van der Waals surface area contributed by atoms with Crippen molar-refractivity contribution in [3.05, 3.63) is 47.5 Å². The van der Waals surface area contributed by atoms with Crippen LogP contribution >= 0.6 is 0 Å². The fourth-order valence-corrected chi connectivity index (χ4v) is 4.47. The second-order valence-corrected chi connectivity index (χ2v) is 9.14. The first kappa shape index (κ1) is 23.7. The Hall–Kier alpha value is -2.96. The van der Waals surface area contributed by atoms with Crippen LogP contribution in [0.15, 0.2) is 62.4 Å². The van der Waals surface area contributed by atoms with Gasteiger partial charge in [0.2, 0.25) is 11.9 Å². The van der Waals surface area contributed by atoms with E-state index < -0.39 is 5.41 Å². The molecule has 3 aliphatic rings. The van der Waals surface area contributed by atoms with Crippen molar-refractivity contribution in [1.82, 2.24) is 15.5 Å². The Labute approximate surface area is 191 Å². The van der Waals surface area contributed by atoms with Gasteiger partial charge in [0.1, 0.15) is 0 Å². The zero-order valence-electron chi connectivity index (χ0n) is 20.4. The third-order valence-corrected chi connectivity index (χ3v) is 6.35. The lowest BCUT2D eigenvalue weighted by Crippen LogP contribution is -2.42. The molecule has 172 valence electrons. The molecule has 2 unspecified atom stereocenters. The van der Waals surface area contributed by atoms with E-state index >= 15 is 0 Å². The number of aliphatic imine (C=N–C) groups is 3. The van der Waals surface area contributed by atoms with Crippen molar-refractivity contribution in [3.8, 4) is 0 Å². The van der Waals surface area contributed by atoms with Gasteiger partial charge in [-0.15, -0.1) is 0 Å². The van der Waals surface area contributed by atoms with Crippen LogP contribution in [0.4, 0.5) is 0 Å². The fourth-order valence-electron chi connectivity index (χ4n) is 4.47. The third kappa shape index (κ3) is 4.76. The summed E-state index contributed by atoms with van der Waals surface area (Å²) in [7, 11) is 1.72. The maximum absolute atomic E-state index is 12.3. The topological polar surface area (TPSA) is 81.5 Å². The molecular formula is C25H36N6O. The summed E-state index contributed by atoms with van der Waals surface area (Å²) in [5, 5.41) is 6.33. The Morgan fingerprint density at radius 2 is 1.94 bits per heavy atom. The number of hydrogen-bond acceptors (Lipinski definition) is 3. The van der Waals surface area contributed by atoms with Crippen LogP contribution in [0.1, 0.15) is 60.8 Å². The number of fused-ring (bicyclic) bond motifs is 1. The summed E-state index contributed by atoms with van der Waals surface area (Å²) in [4.78, 5) is 28.6. The van der Waals surface area contributed by atoms with Crippen LogP contribution in [0, 0.1) is 5.41 Å². The molecule has 7 heteroatoms. The molecule has 1 amide bonds. The molecule has 0 radical (unpaired) electrons. The highest BCUT2D eigenvalue weighted by molar-refractivity contribution is 6.42. The lowest BCUT2D eigenvalue weighted by Gasteiger charge is -2.29. The van der Waals surface area contributed by atoms with Crippen molar-refractivity contribution >= 4 is 23.4 Å². The summed E-state index contributed by atoms with van der Waals surface area (Å²) in [5.41, 5.74) is 3.02. The lowest BCUT2D eigenvalue weighted by atomic mass is 9.85. The number of likely N-dealkylation sites (tertiary alicyclic amines) is 1. The van der Waals surface area contributed by atoms with Crippen LogP contribution in [0.2, 0.25) is 0 Å². The number of guanidine groups is 1. The van der Waals surface area contributed by atoms with Crippen LogP contribution in [0.5, 0.6) is 0 Å². The van der Waals surface area contributed by atoms with E-state index in [0.717, 1.165) is 47.8 Å². The van der Waals surface area contributed by atoms with Crippen molar-refractivity contribution in [2.45, 2.75) is 72.9 Å². The summed E-state index contributed by atoms with van der Waals surface area (Å²) < 4.78 is 0. The van der Waals surface area contributed by atoms with Gasteiger partial charge in [-0.3, -0.25) is 9.79 Å². The first-order valence-corrected chi connectivity index (χ1v) is 11.4. The van der Waals surface area contributed by atoms with E-state index in [1.807, 2.05) is 46.0 Å². The van der Waals surface area contributed by atoms with Gasteiger partial charge in [-0.1, -0.05) is 18.2 Å². The zero-order chi connectivity index (χ0) is 23.5. The molecular weight excluding hydrogens is 400 g/mol. The molecule has 0 aromatic rings. The Balaban J connectivity index is 1.84. The minimum atomic E-state index is -0.521. The maximum atomic E-state index is 12.3. The number of nitrogens with zero attached hydrogens (tertiary/aromatic N) is 4. The van der Waals surface area contributed by atoms with Crippen molar-refractivity contribution in [2.24, 2.45) is 20.4 Å². The molecule has 2 aliphatic heterocycles. The smallest absolute Gasteiger partial charge is 0.234 e. The molecule has 1 aliphatic carbocycles. The average molecular weight is 437 g/mol. The summed E-state index contributed by atoms with van der Waals surface area (Å²) >= 11 is 0. The van der Waals surface area contributed by atoms with Crippen molar-refractivity contribution in [1.29, 1.82) is 0 Å². The molecule has 2 fully saturated rings. The number of allylic oxidation sites excluding steroid dienone is 5. The first-order valence-electron chi connectivity index (χ1n) is 11.4. The van der Waals surface area contributed by atoms with Crippen LogP contribution in [-0.2, 0) is 4.79 Å². The van der Waals surface area contributed by atoms with Crippen LogP contribution in [-0.4, -0.2) is 47.4 Å². The van der Waals surface area contributed by atoms with Crippen LogP contribution in [0.3, 0.4) is 0 Å². The summed E-state index contributed by atoms with van der Waals surface area (Å²) in [6, 6.07) is 0.838. The summed E-state index contributed by atoms with van der Waals surface area (Å²) in [6.07, 6.45) is 12.9. The number of nitrogens with one attached hydrogen (secondary N) is 2. The quantitative estimate of drug-likeness (QED) is 0.517. The number of rotatable bonds is 3. The fraction of sp³-hybridized carbons (Fsp3) is 0.520. The highest BCUT2D eigenvalue weighted by Gasteiger charge is 2.41. The van der Waals surface area contributed by atoms with Crippen LogP contribution in [0.25, 0.3) is 0 Å². The summed E-state index contributed by atoms with van der Waals surface area (Å²) in [6.45, 7) is 12.3. The molecule has 2 atom stereocenters. The van der Waals surface area contributed by atoms with E-state index in [0.29, 0.717) is 18.0 Å². The molecule has 2 heterocycles. The molecule has 0 spiro atoms. The Bertz CT molecular complexity index is 966. The van der Waals surface area contributed by atoms with E-state index in [1.165, 1.54) is 0 Å². The van der Waals surface area contributed by atoms with E-state index in [9.17, 15) is 4.79 Å². The Morgan fingerprint density at radius 1 is 1.25 bits per heavy atom. The molecule has 2 N–H and O–H groups in total.